The summed E-state index contributed by atoms with van der Waals surface area (Å²) in [6, 6.07) is 3.27. The number of rotatable bonds is 2. The maximum atomic E-state index is 8.74. The molecule has 1 rings (SSSR count). The molecule has 1 aromatic heterocycles. The molecule has 1 heterocycles. The van der Waals surface area contributed by atoms with Crippen LogP contribution in [0.3, 0.4) is 0 Å². The number of pyridine rings is 1. The molecule has 1 aromatic rings. The summed E-state index contributed by atoms with van der Waals surface area (Å²) in [4.78, 5) is 3.97. The molecule has 0 radical (unpaired) electrons. The van der Waals surface area contributed by atoms with Crippen LogP contribution in [0.25, 0.3) is 0 Å². The fraction of sp³-hybridized carbons (Fsp3) is 0.286. The Hall–Kier alpha value is -0.450. The predicted octanol–water partition coefficient (Wildman–Crippen LogP) is 0.836. The van der Waals surface area contributed by atoms with Crippen molar-refractivity contribution in [1.29, 1.82) is 0 Å². The van der Waals surface area contributed by atoms with E-state index in [4.69, 9.17) is 10.8 Å². The lowest BCUT2D eigenvalue weighted by atomic mass is 10.1. The van der Waals surface area contributed by atoms with Crippen molar-refractivity contribution in [3.05, 3.63) is 28.5 Å². The summed E-state index contributed by atoms with van der Waals surface area (Å²) in [7, 11) is 0. The standard InChI is InChI=1S/C7H9BrN2O/c8-7-5(6(9)4-11)2-1-3-10-7/h1-3,6,11H,4,9H2. The average molecular weight is 217 g/mol. The van der Waals surface area contributed by atoms with Gasteiger partial charge in [0.2, 0.25) is 0 Å². The van der Waals surface area contributed by atoms with E-state index in [0.29, 0.717) is 4.60 Å². The fourth-order valence-electron chi connectivity index (χ4n) is 0.773. The van der Waals surface area contributed by atoms with E-state index in [1.54, 1.807) is 12.3 Å². The molecule has 0 saturated carbocycles. The molecule has 0 aliphatic rings. The molecule has 0 saturated heterocycles. The first-order chi connectivity index (χ1) is 5.25. The molecule has 1 atom stereocenters. The summed E-state index contributed by atoms with van der Waals surface area (Å²) in [6.45, 7) is -0.0652. The number of aromatic nitrogens is 1. The van der Waals surface area contributed by atoms with Gasteiger partial charge in [0.15, 0.2) is 0 Å². The highest BCUT2D eigenvalue weighted by Crippen LogP contribution is 2.18. The van der Waals surface area contributed by atoms with Gasteiger partial charge in [0, 0.05) is 11.8 Å². The quantitative estimate of drug-likeness (QED) is 0.721. The molecule has 3 nitrogen and oxygen atoms in total. The van der Waals surface area contributed by atoms with E-state index in [1.165, 1.54) is 0 Å². The number of aliphatic hydroxyl groups is 1. The SMILES string of the molecule is NC(CO)c1cccnc1Br. The van der Waals surface area contributed by atoms with Crippen molar-refractivity contribution in [1.82, 2.24) is 4.98 Å². The van der Waals surface area contributed by atoms with Crippen LogP contribution in [-0.4, -0.2) is 16.7 Å². The van der Waals surface area contributed by atoms with Gasteiger partial charge in [0.1, 0.15) is 4.60 Å². The van der Waals surface area contributed by atoms with Gasteiger partial charge in [0.25, 0.3) is 0 Å². The second-order valence-corrected chi connectivity index (χ2v) is 2.92. The third-order valence-electron chi connectivity index (χ3n) is 1.38. The molecule has 0 spiro atoms. The summed E-state index contributed by atoms with van der Waals surface area (Å²) in [5.41, 5.74) is 6.40. The third-order valence-corrected chi connectivity index (χ3v) is 2.05. The van der Waals surface area contributed by atoms with Crippen molar-refractivity contribution in [2.75, 3.05) is 6.61 Å². The number of hydrogen-bond donors (Lipinski definition) is 2. The van der Waals surface area contributed by atoms with Gasteiger partial charge in [-0.2, -0.15) is 0 Å². The van der Waals surface area contributed by atoms with Gasteiger partial charge >= 0.3 is 0 Å². The largest absolute Gasteiger partial charge is 0.394 e. The molecule has 4 heteroatoms. The molecule has 11 heavy (non-hydrogen) atoms. The lowest BCUT2D eigenvalue weighted by molar-refractivity contribution is 0.267. The Morgan fingerprint density at radius 2 is 2.45 bits per heavy atom. The summed E-state index contributed by atoms with van der Waals surface area (Å²) in [6.07, 6.45) is 1.66. The average Bonchev–Trinajstić information content (AvgIpc) is 2.04. The number of aliphatic hydroxyl groups excluding tert-OH is 1. The molecular weight excluding hydrogens is 208 g/mol. The third kappa shape index (κ3) is 1.99. The number of hydrogen-bond acceptors (Lipinski definition) is 3. The van der Waals surface area contributed by atoms with E-state index in [2.05, 4.69) is 20.9 Å². The first-order valence-electron chi connectivity index (χ1n) is 3.22. The minimum atomic E-state index is -0.349. The minimum Gasteiger partial charge on any atom is -0.394 e. The first-order valence-corrected chi connectivity index (χ1v) is 4.02. The second kappa shape index (κ2) is 3.80. The van der Waals surface area contributed by atoms with Gasteiger partial charge in [-0.05, 0) is 22.0 Å². The van der Waals surface area contributed by atoms with Crippen LogP contribution in [0, 0.1) is 0 Å². The second-order valence-electron chi connectivity index (χ2n) is 2.17. The normalized spacial score (nSPS) is 13.0. The highest BCUT2D eigenvalue weighted by Gasteiger charge is 2.07. The molecule has 1 unspecified atom stereocenters. The van der Waals surface area contributed by atoms with E-state index in [0.717, 1.165) is 5.56 Å². The monoisotopic (exact) mass is 216 g/mol. The van der Waals surface area contributed by atoms with E-state index >= 15 is 0 Å². The van der Waals surface area contributed by atoms with E-state index in [-0.39, 0.29) is 12.6 Å². The molecule has 0 aliphatic carbocycles. The van der Waals surface area contributed by atoms with Gasteiger partial charge in [-0.1, -0.05) is 6.07 Å². The number of nitrogens with zero attached hydrogens (tertiary/aromatic N) is 1. The van der Waals surface area contributed by atoms with Crippen LogP contribution in [0.4, 0.5) is 0 Å². The Bertz CT molecular complexity index is 242. The lowest BCUT2D eigenvalue weighted by Crippen LogP contribution is -2.15. The smallest absolute Gasteiger partial charge is 0.110 e. The van der Waals surface area contributed by atoms with Gasteiger partial charge < -0.3 is 10.8 Å². The molecule has 0 aliphatic heterocycles. The highest BCUT2D eigenvalue weighted by molar-refractivity contribution is 9.10. The molecule has 0 amide bonds. The summed E-state index contributed by atoms with van der Waals surface area (Å²) in [5.74, 6) is 0. The molecule has 0 fully saturated rings. The number of nitrogens with two attached hydrogens (primary N) is 1. The zero-order chi connectivity index (χ0) is 8.27. The van der Waals surface area contributed by atoms with Crippen molar-refractivity contribution >= 4 is 15.9 Å². The summed E-state index contributed by atoms with van der Waals surface area (Å²) < 4.78 is 0.696. The van der Waals surface area contributed by atoms with Crippen LogP contribution in [0.15, 0.2) is 22.9 Å². The number of halogens is 1. The van der Waals surface area contributed by atoms with Crippen LogP contribution in [0.1, 0.15) is 11.6 Å². The molecule has 0 aromatic carbocycles. The van der Waals surface area contributed by atoms with E-state index < -0.39 is 0 Å². The van der Waals surface area contributed by atoms with Crippen molar-refractivity contribution < 1.29 is 5.11 Å². The fourth-order valence-corrected chi connectivity index (χ4v) is 1.32. The van der Waals surface area contributed by atoms with Crippen molar-refractivity contribution in [3.8, 4) is 0 Å². The zero-order valence-corrected chi connectivity index (χ0v) is 7.45. The first kappa shape index (κ1) is 8.64. The topological polar surface area (TPSA) is 59.1 Å². The van der Waals surface area contributed by atoms with Crippen LogP contribution in [0.5, 0.6) is 0 Å². The molecule has 0 bridgehead atoms. The zero-order valence-electron chi connectivity index (χ0n) is 5.87. The van der Waals surface area contributed by atoms with Crippen LogP contribution in [0.2, 0.25) is 0 Å². The van der Waals surface area contributed by atoms with Crippen LogP contribution >= 0.6 is 15.9 Å². The lowest BCUT2D eigenvalue weighted by Gasteiger charge is -2.08. The van der Waals surface area contributed by atoms with Crippen molar-refractivity contribution in [2.24, 2.45) is 5.73 Å². The summed E-state index contributed by atoms with van der Waals surface area (Å²) in [5, 5.41) is 8.74. The Kier molecular flexibility index (Phi) is 2.99. The Labute approximate surface area is 73.4 Å². The molecular formula is C7H9BrN2O. The maximum absolute atomic E-state index is 8.74. The highest BCUT2D eigenvalue weighted by atomic mass is 79.9. The summed E-state index contributed by atoms with van der Waals surface area (Å²) >= 11 is 3.24. The van der Waals surface area contributed by atoms with Crippen LogP contribution < -0.4 is 5.73 Å². The molecule has 60 valence electrons. The van der Waals surface area contributed by atoms with Crippen LogP contribution in [-0.2, 0) is 0 Å². The Balaban J connectivity index is 2.93. The predicted molar refractivity (Wildman–Crippen MR) is 46.0 cm³/mol. The van der Waals surface area contributed by atoms with Gasteiger partial charge in [-0.3, -0.25) is 0 Å². The maximum Gasteiger partial charge on any atom is 0.110 e. The van der Waals surface area contributed by atoms with E-state index in [1.807, 2.05) is 6.07 Å². The van der Waals surface area contributed by atoms with E-state index in [9.17, 15) is 0 Å². The van der Waals surface area contributed by atoms with Crippen molar-refractivity contribution in [2.45, 2.75) is 6.04 Å². The Morgan fingerprint density at radius 1 is 1.73 bits per heavy atom. The van der Waals surface area contributed by atoms with Crippen molar-refractivity contribution in [3.63, 3.8) is 0 Å². The van der Waals surface area contributed by atoms with Gasteiger partial charge in [-0.15, -0.1) is 0 Å². The molecule has 3 N–H and O–H groups in total. The minimum absolute atomic E-state index is 0.0652. The Morgan fingerprint density at radius 3 is 3.00 bits per heavy atom. The van der Waals surface area contributed by atoms with Gasteiger partial charge in [-0.25, -0.2) is 4.98 Å². The van der Waals surface area contributed by atoms with Gasteiger partial charge in [0.05, 0.1) is 12.6 Å².